The van der Waals surface area contributed by atoms with Crippen molar-refractivity contribution < 1.29 is 19.0 Å². The molecule has 0 unspecified atom stereocenters. The van der Waals surface area contributed by atoms with Gasteiger partial charge in [-0.15, -0.1) is 0 Å². The van der Waals surface area contributed by atoms with E-state index in [1.165, 1.54) is 7.11 Å². The molecular weight excluding hydrogens is 232 g/mol. The number of esters is 1. The van der Waals surface area contributed by atoms with Gasteiger partial charge in [-0.25, -0.2) is 0 Å². The second-order valence-electron chi connectivity index (χ2n) is 6.58. The number of methoxy groups -OCH3 is 1. The first kappa shape index (κ1) is 15.4. The molecule has 18 heavy (non-hydrogen) atoms. The number of carbonyl (C=O) groups is 1. The molecule has 1 rings (SSSR count). The van der Waals surface area contributed by atoms with E-state index in [-0.39, 0.29) is 29.5 Å². The monoisotopic (exact) mass is 258 g/mol. The lowest BCUT2D eigenvalue weighted by molar-refractivity contribution is -0.320. The molecule has 106 valence electrons. The summed E-state index contributed by atoms with van der Waals surface area (Å²) in [6, 6.07) is 0. The molecule has 0 N–H and O–H groups in total. The fraction of sp³-hybridized carbons (Fsp3) is 0.929. The van der Waals surface area contributed by atoms with Crippen molar-refractivity contribution in [3.8, 4) is 0 Å². The molecule has 0 aromatic carbocycles. The molecule has 0 aromatic heterocycles. The Hall–Kier alpha value is -0.610. The maximum absolute atomic E-state index is 11.6. The van der Waals surface area contributed by atoms with Crippen LogP contribution in [0.25, 0.3) is 0 Å². The quantitative estimate of drug-likeness (QED) is 0.714. The Bertz CT molecular complexity index is 303. The van der Waals surface area contributed by atoms with Crippen molar-refractivity contribution >= 4 is 5.97 Å². The van der Waals surface area contributed by atoms with E-state index in [2.05, 4.69) is 20.8 Å². The van der Waals surface area contributed by atoms with Gasteiger partial charge < -0.3 is 14.2 Å². The van der Waals surface area contributed by atoms with Crippen LogP contribution in [0.1, 0.15) is 48.0 Å². The maximum Gasteiger partial charge on any atom is 0.311 e. The first-order chi connectivity index (χ1) is 8.07. The molecule has 0 bridgehead atoms. The van der Waals surface area contributed by atoms with E-state index in [9.17, 15) is 4.79 Å². The first-order valence-corrected chi connectivity index (χ1v) is 6.50. The largest absolute Gasteiger partial charge is 0.469 e. The van der Waals surface area contributed by atoms with Gasteiger partial charge in [0.15, 0.2) is 5.79 Å². The Balaban J connectivity index is 2.84. The predicted octanol–water partition coefficient (Wildman–Crippen LogP) is 2.75. The summed E-state index contributed by atoms with van der Waals surface area (Å²) >= 11 is 0. The van der Waals surface area contributed by atoms with Crippen molar-refractivity contribution in [1.82, 2.24) is 0 Å². The van der Waals surface area contributed by atoms with Crippen molar-refractivity contribution in [2.24, 2.45) is 11.3 Å². The highest BCUT2D eigenvalue weighted by Gasteiger charge is 2.43. The van der Waals surface area contributed by atoms with Crippen LogP contribution < -0.4 is 0 Å². The van der Waals surface area contributed by atoms with E-state index in [0.717, 1.165) is 0 Å². The zero-order valence-electron chi connectivity index (χ0n) is 12.6. The minimum Gasteiger partial charge on any atom is -0.469 e. The summed E-state index contributed by atoms with van der Waals surface area (Å²) in [4.78, 5) is 11.6. The normalized spacial score (nSPS) is 29.7. The van der Waals surface area contributed by atoms with Crippen LogP contribution >= 0.6 is 0 Å². The molecule has 1 fully saturated rings. The molecule has 0 aliphatic carbocycles. The van der Waals surface area contributed by atoms with Crippen molar-refractivity contribution in [3.05, 3.63) is 0 Å². The van der Waals surface area contributed by atoms with Gasteiger partial charge in [-0.2, -0.15) is 0 Å². The predicted molar refractivity (Wildman–Crippen MR) is 69.1 cm³/mol. The molecule has 1 aliphatic heterocycles. The summed E-state index contributed by atoms with van der Waals surface area (Å²) in [7, 11) is 1.41. The molecule has 4 nitrogen and oxygen atoms in total. The molecule has 4 heteroatoms. The van der Waals surface area contributed by atoms with Crippen LogP contribution in [-0.2, 0) is 19.0 Å². The fourth-order valence-electron chi connectivity index (χ4n) is 2.22. The summed E-state index contributed by atoms with van der Waals surface area (Å²) in [5.74, 6) is -1.17. The van der Waals surface area contributed by atoms with E-state index in [0.29, 0.717) is 6.42 Å². The van der Waals surface area contributed by atoms with E-state index >= 15 is 0 Å². The Kier molecular flexibility index (Phi) is 4.44. The highest BCUT2D eigenvalue weighted by molar-refractivity contribution is 5.72. The van der Waals surface area contributed by atoms with E-state index < -0.39 is 5.79 Å². The zero-order valence-corrected chi connectivity index (χ0v) is 12.6. The van der Waals surface area contributed by atoms with Crippen molar-refractivity contribution in [2.45, 2.75) is 66.0 Å². The van der Waals surface area contributed by atoms with Gasteiger partial charge in [-0.3, -0.25) is 4.79 Å². The molecule has 0 saturated carbocycles. The average molecular weight is 258 g/mol. The molecule has 0 aromatic rings. The molecular formula is C14H26O4. The number of hydrogen-bond donors (Lipinski definition) is 0. The van der Waals surface area contributed by atoms with Crippen LogP contribution in [0.4, 0.5) is 0 Å². The van der Waals surface area contributed by atoms with Crippen LogP contribution in [0, 0.1) is 11.3 Å². The number of rotatable bonds is 2. The van der Waals surface area contributed by atoms with Crippen LogP contribution in [0.2, 0.25) is 0 Å². The fourth-order valence-corrected chi connectivity index (χ4v) is 2.22. The van der Waals surface area contributed by atoms with Gasteiger partial charge in [0.1, 0.15) is 0 Å². The van der Waals surface area contributed by atoms with E-state index in [1.54, 1.807) is 0 Å². The molecule has 1 heterocycles. The SMILES string of the molecule is COC(=O)[C@@H](C)[C@H]1C[C@@H](C(C)(C)C)OC(C)(C)O1. The molecule has 1 saturated heterocycles. The molecule has 3 atom stereocenters. The second kappa shape index (κ2) is 5.17. The number of ether oxygens (including phenoxy) is 3. The van der Waals surface area contributed by atoms with Gasteiger partial charge in [0.05, 0.1) is 25.2 Å². The van der Waals surface area contributed by atoms with Crippen molar-refractivity contribution in [1.29, 1.82) is 0 Å². The highest BCUT2D eigenvalue weighted by Crippen LogP contribution is 2.38. The minimum atomic E-state index is -0.664. The topological polar surface area (TPSA) is 44.8 Å². The second-order valence-corrected chi connectivity index (χ2v) is 6.58. The Morgan fingerprint density at radius 1 is 1.33 bits per heavy atom. The van der Waals surface area contributed by atoms with Crippen LogP contribution in [0.5, 0.6) is 0 Å². The maximum atomic E-state index is 11.6. The number of carbonyl (C=O) groups excluding carboxylic acids is 1. The Labute approximate surface area is 110 Å². The van der Waals surface area contributed by atoms with Crippen LogP contribution in [0.3, 0.4) is 0 Å². The molecule has 0 radical (unpaired) electrons. The van der Waals surface area contributed by atoms with Gasteiger partial charge in [0.2, 0.25) is 0 Å². The summed E-state index contributed by atoms with van der Waals surface area (Å²) in [5, 5.41) is 0. The highest BCUT2D eigenvalue weighted by atomic mass is 16.7. The Morgan fingerprint density at radius 3 is 2.33 bits per heavy atom. The summed E-state index contributed by atoms with van der Waals surface area (Å²) in [5.41, 5.74) is 0.0230. The van der Waals surface area contributed by atoms with Crippen molar-refractivity contribution in [3.63, 3.8) is 0 Å². The van der Waals surface area contributed by atoms with Gasteiger partial charge in [0.25, 0.3) is 0 Å². The van der Waals surface area contributed by atoms with Gasteiger partial charge in [0, 0.05) is 6.42 Å². The first-order valence-electron chi connectivity index (χ1n) is 6.50. The van der Waals surface area contributed by atoms with Crippen molar-refractivity contribution in [2.75, 3.05) is 7.11 Å². The zero-order chi connectivity index (χ0) is 14.1. The molecule has 0 amide bonds. The number of hydrogen-bond acceptors (Lipinski definition) is 4. The average Bonchev–Trinajstić information content (AvgIpc) is 2.23. The third-order valence-corrected chi connectivity index (χ3v) is 3.40. The van der Waals surface area contributed by atoms with Gasteiger partial charge >= 0.3 is 5.97 Å². The molecule has 1 aliphatic rings. The summed E-state index contributed by atoms with van der Waals surface area (Å²) in [6.07, 6.45) is 0.618. The molecule has 0 spiro atoms. The third-order valence-electron chi connectivity index (χ3n) is 3.40. The standard InChI is InChI=1S/C14H26O4/c1-9(12(15)16-7)10-8-11(13(2,3)4)18-14(5,6)17-10/h9-11H,8H2,1-7H3/t9-,10+,11-/m0/s1. The van der Waals surface area contributed by atoms with E-state index in [4.69, 9.17) is 14.2 Å². The Morgan fingerprint density at radius 2 is 1.89 bits per heavy atom. The lowest BCUT2D eigenvalue weighted by atomic mass is 9.82. The van der Waals surface area contributed by atoms with Crippen LogP contribution in [0.15, 0.2) is 0 Å². The minimum absolute atomic E-state index is 0.0230. The van der Waals surface area contributed by atoms with Gasteiger partial charge in [-0.1, -0.05) is 20.8 Å². The van der Waals surface area contributed by atoms with Gasteiger partial charge in [-0.05, 0) is 26.2 Å². The summed E-state index contributed by atoms with van der Waals surface area (Å²) < 4.78 is 16.6. The van der Waals surface area contributed by atoms with E-state index in [1.807, 2.05) is 20.8 Å². The third kappa shape index (κ3) is 3.69. The smallest absolute Gasteiger partial charge is 0.311 e. The lowest BCUT2D eigenvalue weighted by Crippen LogP contribution is -2.51. The van der Waals surface area contributed by atoms with Crippen LogP contribution in [-0.4, -0.2) is 31.1 Å². The summed E-state index contributed by atoms with van der Waals surface area (Å²) in [6.45, 7) is 12.0. The lowest BCUT2D eigenvalue weighted by Gasteiger charge is -2.46.